The average Bonchev–Trinajstić information content (AvgIpc) is 3.42. The van der Waals surface area contributed by atoms with Gasteiger partial charge in [-0.3, -0.25) is 0 Å². The molecular weight excluding hydrogens is 475 g/mol. The SMILES string of the molecule is O=C(O)c1sc(-c2ccc(C#Cc3cscn3)cc2)cc1NOc1ccc(Cl)cc1Cl. The summed E-state index contributed by atoms with van der Waals surface area (Å²) >= 11 is 14.6. The Balaban J connectivity index is 1.54. The zero-order chi connectivity index (χ0) is 21.8. The number of hydrogen-bond donors (Lipinski definition) is 2. The molecule has 0 aliphatic heterocycles. The highest BCUT2D eigenvalue weighted by molar-refractivity contribution is 7.18. The van der Waals surface area contributed by atoms with E-state index >= 15 is 0 Å². The van der Waals surface area contributed by atoms with Gasteiger partial charge >= 0.3 is 5.97 Å². The summed E-state index contributed by atoms with van der Waals surface area (Å²) in [6.07, 6.45) is 0. The summed E-state index contributed by atoms with van der Waals surface area (Å²) in [6, 6.07) is 14.0. The monoisotopic (exact) mass is 486 g/mol. The van der Waals surface area contributed by atoms with E-state index in [9.17, 15) is 9.90 Å². The molecule has 0 aliphatic carbocycles. The fourth-order valence-corrected chi connectivity index (χ4v) is 4.44. The third kappa shape index (κ3) is 5.19. The van der Waals surface area contributed by atoms with Crippen LogP contribution in [0.5, 0.6) is 5.75 Å². The van der Waals surface area contributed by atoms with Gasteiger partial charge in [0.25, 0.3) is 0 Å². The normalized spacial score (nSPS) is 10.3. The van der Waals surface area contributed by atoms with Crippen molar-refractivity contribution in [2.24, 2.45) is 0 Å². The van der Waals surface area contributed by atoms with E-state index < -0.39 is 5.97 Å². The number of aromatic nitrogens is 1. The number of thiophene rings is 1. The van der Waals surface area contributed by atoms with Crippen LogP contribution in [-0.2, 0) is 0 Å². The van der Waals surface area contributed by atoms with Crippen molar-refractivity contribution in [2.75, 3.05) is 5.48 Å². The number of nitrogens with zero attached hydrogens (tertiary/aromatic N) is 1. The molecule has 31 heavy (non-hydrogen) atoms. The summed E-state index contributed by atoms with van der Waals surface area (Å²) in [5.41, 5.74) is 7.18. The molecule has 2 aromatic heterocycles. The highest BCUT2D eigenvalue weighted by Crippen LogP contribution is 2.36. The van der Waals surface area contributed by atoms with E-state index in [1.165, 1.54) is 17.4 Å². The van der Waals surface area contributed by atoms with Gasteiger partial charge in [-0.1, -0.05) is 41.3 Å². The molecule has 4 aromatic rings. The average molecular weight is 487 g/mol. The van der Waals surface area contributed by atoms with Crippen LogP contribution in [-0.4, -0.2) is 16.1 Å². The predicted octanol–water partition coefficient (Wildman–Crippen LogP) is 6.68. The van der Waals surface area contributed by atoms with Gasteiger partial charge in [0.05, 0.1) is 16.2 Å². The lowest BCUT2D eigenvalue weighted by atomic mass is 10.1. The van der Waals surface area contributed by atoms with Gasteiger partial charge in [-0.15, -0.1) is 22.7 Å². The zero-order valence-corrected chi connectivity index (χ0v) is 18.7. The molecule has 5 nitrogen and oxygen atoms in total. The van der Waals surface area contributed by atoms with Crippen LogP contribution in [0.1, 0.15) is 20.9 Å². The lowest BCUT2D eigenvalue weighted by Crippen LogP contribution is -2.07. The van der Waals surface area contributed by atoms with Crippen LogP contribution in [0.2, 0.25) is 10.0 Å². The second-order valence-electron chi connectivity index (χ2n) is 6.14. The third-order valence-electron chi connectivity index (χ3n) is 4.03. The smallest absolute Gasteiger partial charge is 0.348 e. The van der Waals surface area contributed by atoms with E-state index in [2.05, 4.69) is 22.3 Å². The Bertz CT molecular complexity index is 1290. The first-order chi connectivity index (χ1) is 15.0. The number of nitrogens with one attached hydrogen (secondary N) is 1. The van der Waals surface area contributed by atoms with Crippen LogP contribution in [0.3, 0.4) is 0 Å². The minimum Gasteiger partial charge on any atom is -0.477 e. The lowest BCUT2D eigenvalue weighted by molar-refractivity contribution is 0.0702. The molecule has 0 spiro atoms. The number of halogens is 2. The molecule has 0 atom stereocenters. The van der Waals surface area contributed by atoms with E-state index in [1.807, 2.05) is 29.6 Å². The first kappa shape index (κ1) is 21.2. The number of carboxylic acids is 1. The molecule has 4 rings (SSSR count). The summed E-state index contributed by atoms with van der Waals surface area (Å²) in [7, 11) is 0. The maximum atomic E-state index is 11.7. The Kier molecular flexibility index (Phi) is 6.44. The van der Waals surface area contributed by atoms with Crippen LogP contribution in [0.15, 0.2) is 59.4 Å². The lowest BCUT2D eigenvalue weighted by Gasteiger charge is -2.09. The fraction of sp³-hybridized carbons (Fsp3) is 0. The molecule has 0 saturated heterocycles. The molecule has 2 heterocycles. The van der Waals surface area contributed by atoms with E-state index in [0.717, 1.165) is 33.0 Å². The molecule has 0 unspecified atom stereocenters. The number of carbonyl (C=O) groups is 1. The minimum absolute atomic E-state index is 0.118. The molecule has 0 amide bonds. The van der Waals surface area contributed by atoms with Gasteiger partial charge in [0.15, 0.2) is 5.75 Å². The van der Waals surface area contributed by atoms with Crippen molar-refractivity contribution in [3.63, 3.8) is 0 Å². The molecular formula is C22H12Cl2N2O3S2. The molecule has 154 valence electrons. The largest absolute Gasteiger partial charge is 0.477 e. The Morgan fingerprint density at radius 2 is 1.90 bits per heavy atom. The minimum atomic E-state index is -1.06. The van der Waals surface area contributed by atoms with Gasteiger partial charge in [-0.2, -0.15) is 0 Å². The molecule has 2 aromatic carbocycles. The van der Waals surface area contributed by atoms with Crippen LogP contribution >= 0.6 is 45.9 Å². The zero-order valence-electron chi connectivity index (χ0n) is 15.6. The first-order valence-corrected chi connectivity index (χ1v) is 11.3. The van der Waals surface area contributed by atoms with Crippen molar-refractivity contribution in [1.29, 1.82) is 0 Å². The van der Waals surface area contributed by atoms with Crippen LogP contribution < -0.4 is 10.3 Å². The van der Waals surface area contributed by atoms with Crippen molar-refractivity contribution in [3.8, 4) is 28.0 Å². The highest BCUT2D eigenvalue weighted by Gasteiger charge is 2.17. The number of aromatic carboxylic acids is 1. The van der Waals surface area contributed by atoms with Gasteiger partial charge in [0.1, 0.15) is 10.6 Å². The molecule has 0 radical (unpaired) electrons. The maximum Gasteiger partial charge on any atom is 0.348 e. The number of anilines is 1. The Hall–Kier alpha value is -3.02. The quantitative estimate of drug-likeness (QED) is 0.243. The molecule has 9 heteroatoms. The van der Waals surface area contributed by atoms with E-state index in [0.29, 0.717) is 21.5 Å². The van der Waals surface area contributed by atoms with Gasteiger partial charge in [0, 0.05) is 20.8 Å². The number of hydrogen-bond acceptors (Lipinski definition) is 6. The number of thiazole rings is 1. The summed E-state index contributed by atoms with van der Waals surface area (Å²) in [4.78, 5) is 22.2. The molecule has 0 aliphatic rings. The topological polar surface area (TPSA) is 71.5 Å². The summed E-state index contributed by atoms with van der Waals surface area (Å²) in [6.45, 7) is 0. The Morgan fingerprint density at radius 3 is 2.58 bits per heavy atom. The van der Waals surface area contributed by atoms with Crippen molar-refractivity contribution in [2.45, 2.75) is 0 Å². The second kappa shape index (κ2) is 9.41. The number of carboxylic acid groups (broad SMARTS) is 1. The maximum absolute atomic E-state index is 11.7. The van der Waals surface area contributed by atoms with Crippen LogP contribution in [0.25, 0.3) is 10.4 Å². The Labute approximate surface area is 195 Å². The standard InChI is InChI=1S/C22H12Cl2N2O3S2/c23-15-6-8-19(17(24)9-15)29-26-18-10-20(31-21(18)22(27)28)14-4-1-13(2-5-14)3-7-16-11-30-12-25-16/h1-2,4-6,8-12,26H,(H,27,28). The molecule has 0 bridgehead atoms. The number of benzene rings is 2. The van der Waals surface area contributed by atoms with Crippen molar-refractivity contribution < 1.29 is 14.7 Å². The van der Waals surface area contributed by atoms with Crippen molar-refractivity contribution in [1.82, 2.24) is 4.98 Å². The van der Waals surface area contributed by atoms with Gasteiger partial charge in [0.2, 0.25) is 0 Å². The van der Waals surface area contributed by atoms with Crippen LogP contribution in [0, 0.1) is 11.8 Å². The summed E-state index contributed by atoms with van der Waals surface area (Å²) in [5.74, 6) is 5.33. The molecule has 0 saturated carbocycles. The summed E-state index contributed by atoms with van der Waals surface area (Å²) < 4.78 is 0. The van der Waals surface area contributed by atoms with E-state index in [1.54, 1.807) is 23.7 Å². The van der Waals surface area contributed by atoms with E-state index in [-0.39, 0.29) is 4.88 Å². The van der Waals surface area contributed by atoms with Gasteiger partial charge < -0.3 is 9.94 Å². The highest BCUT2D eigenvalue weighted by atomic mass is 35.5. The van der Waals surface area contributed by atoms with Crippen molar-refractivity contribution in [3.05, 3.63) is 85.6 Å². The van der Waals surface area contributed by atoms with E-state index in [4.69, 9.17) is 28.0 Å². The Morgan fingerprint density at radius 1 is 1.10 bits per heavy atom. The first-order valence-electron chi connectivity index (χ1n) is 8.75. The number of rotatable bonds is 5. The fourth-order valence-electron chi connectivity index (χ4n) is 2.56. The van der Waals surface area contributed by atoms with Gasteiger partial charge in [-0.05, 0) is 47.9 Å². The summed E-state index contributed by atoms with van der Waals surface area (Å²) in [5, 5.41) is 12.2. The molecule has 2 N–H and O–H groups in total. The third-order valence-corrected chi connectivity index (χ3v) is 6.32. The van der Waals surface area contributed by atoms with Crippen LogP contribution in [0.4, 0.5) is 5.69 Å². The molecule has 0 fully saturated rings. The van der Waals surface area contributed by atoms with Gasteiger partial charge in [-0.25, -0.2) is 15.3 Å². The predicted molar refractivity (Wildman–Crippen MR) is 126 cm³/mol. The second-order valence-corrected chi connectivity index (χ2v) is 8.75. The van der Waals surface area contributed by atoms with Crippen molar-refractivity contribution >= 4 is 57.5 Å².